The first-order valence-electron chi connectivity index (χ1n) is 5.51. The van der Waals surface area contributed by atoms with Crippen LogP contribution in [0.3, 0.4) is 0 Å². The van der Waals surface area contributed by atoms with Crippen LogP contribution in [-0.2, 0) is 0 Å². The maximum absolute atomic E-state index is 6.10. The molecule has 0 radical (unpaired) electrons. The zero-order chi connectivity index (χ0) is 11.3. The molecule has 0 aliphatic heterocycles. The minimum atomic E-state index is 0.648. The van der Waals surface area contributed by atoms with Gasteiger partial charge in [0.1, 0.15) is 0 Å². The van der Waals surface area contributed by atoms with Crippen molar-refractivity contribution in [3.05, 3.63) is 33.9 Å². The van der Waals surface area contributed by atoms with Crippen molar-refractivity contribution in [3.63, 3.8) is 0 Å². The molecule has 2 N–H and O–H groups in total. The van der Waals surface area contributed by atoms with E-state index in [9.17, 15) is 0 Å². The number of hydrogen-bond acceptors (Lipinski definition) is 2. The number of pyridine rings is 1. The summed E-state index contributed by atoms with van der Waals surface area (Å²) in [6.45, 7) is 2.08. The maximum atomic E-state index is 6.10. The van der Waals surface area contributed by atoms with E-state index in [4.69, 9.17) is 10.7 Å². The maximum Gasteiger partial charge on any atom is 0.0756 e. The fraction of sp³-hybridized carbons (Fsp3) is 0.308. The van der Waals surface area contributed by atoms with Crippen molar-refractivity contribution >= 4 is 32.5 Å². The molecule has 1 heterocycles. The van der Waals surface area contributed by atoms with Crippen LogP contribution in [0.4, 0.5) is 5.69 Å². The zero-order valence-corrected chi connectivity index (χ0v) is 10.7. The molecule has 82 valence electrons. The molecule has 1 aliphatic carbocycles. The van der Waals surface area contributed by atoms with Crippen molar-refractivity contribution < 1.29 is 0 Å². The highest BCUT2D eigenvalue weighted by Crippen LogP contribution is 2.41. The number of aryl methyl sites for hydroxylation is 1. The topological polar surface area (TPSA) is 38.9 Å². The van der Waals surface area contributed by atoms with Crippen molar-refractivity contribution in [1.29, 1.82) is 0 Å². The smallest absolute Gasteiger partial charge is 0.0756 e. The fourth-order valence-electron chi connectivity index (χ4n) is 2.09. The van der Waals surface area contributed by atoms with E-state index in [2.05, 4.69) is 28.9 Å². The van der Waals surface area contributed by atoms with Crippen LogP contribution < -0.4 is 5.73 Å². The van der Waals surface area contributed by atoms with E-state index in [1.54, 1.807) is 0 Å². The molecule has 0 amide bonds. The van der Waals surface area contributed by atoms with Crippen LogP contribution >= 0.6 is 15.9 Å². The number of nitrogens with zero attached hydrogens (tertiary/aromatic N) is 1. The number of nitrogen functional groups attached to an aromatic ring is 1. The summed E-state index contributed by atoms with van der Waals surface area (Å²) in [5, 5.41) is 1.05. The summed E-state index contributed by atoms with van der Waals surface area (Å²) in [5.74, 6) is 0.648. The highest BCUT2D eigenvalue weighted by Gasteiger charge is 2.25. The fourth-order valence-corrected chi connectivity index (χ4v) is 2.66. The van der Waals surface area contributed by atoms with Crippen LogP contribution in [0.1, 0.15) is 30.0 Å². The molecule has 1 aromatic carbocycles. The SMILES string of the molecule is Cc1cc(Br)cc2c(N)cc(C3CC3)nc12. The Labute approximate surface area is 103 Å². The van der Waals surface area contributed by atoms with Gasteiger partial charge in [-0.1, -0.05) is 15.9 Å². The number of halogens is 1. The Morgan fingerprint density at radius 3 is 2.75 bits per heavy atom. The highest BCUT2D eigenvalue weighted by molar-refractivity contribution is 9.10. The van der Waals surface area contributed by atoms with Crippen LogP contribution in [0.15, 0.2) is 22.7 Å². The number of nitrogens with two attached hydrogens (primary N) is 1. The first kappa shape index (κ1) is 10.1. The number of hydrogen-bond donors (Lipinski definition) is 1. The molecule has 0 atom stereocenters. The first-order chi connectivity index (χ1) is 7.65. The average molecular weight is 277 g/mol. The van der Waals surface area contributed by atoms with Crippen molar-refractivity contribution in [3.8, 4) is 0 Å². The van der Waals surface area contributed by atoms with E-state index in [1.807, 2.05) is 12.1 Å². The molecule has 0 unspecified atom stereocenters. The Bertz CT molecular complexity index is 574. The van der Waals surface area contributed by atoms with Gasteiger partial charge in [0.05, 0.1) is 5.52 Å². The second-order valence-electron chi connectivity index (χ2n) is 4.53. The number of rotatable bonds is 1. The monoisotopic (exact) mass is 276 g/mol. The zero-order valence-electron chi connectivity index (χ0n) is 9.13. The van der Waals surface area contributed by atoms with Gasteiger partial charge in [-0.15, -0.1) is 0 Å². The second-order valence-corrected chi connectivity index (χ2v) is 5.45. The molecule has 2 nitrogen and oxygen atoms in total. The van der Waals surface area contributed by atoms with Crippen LogP contribution in [-0.4, -0.2) is 4.98 Å². The summed E-state index contributed by atoms with van der Waals surface area (Å²) < 4.78 is 1.06. The lowest BCUT2D eigenvalue weighted by Gasteiger charge is -2.08. The van der Waals surface area contributed by atoms with E-state index in [1.165, 1.54) is 18.4 Å². The van der Waals surface area contributed by atoms with Crippen LogP contribution in [0.2, 0.25) is 0 Å². The summed E-state index contributed by atoms with van der Waals surface area (Å²) in [6, 6.07) is 6.17. The standard InChI is InChI=1S/C13H13BrN2/c1-7-4-9(14)5-10-11(15)6-12(8-2-3-8)16-13(7)10/h4-6,8H,2-3H2,1H3,(H2,15,16). The largest absolute Gasteiger partial charge is 0.398 e. The average Bonchev–Trinajstić information content (AvgIpc) is 3.02. The first-order valence-corrected chi connectivity index (χ1v) is 6.31. The van der Waals surface area contributed by atoms with Gasteiger partial charge in [0, 0.05) is 27.2 Å². The van der Waals surface area contributed by atoms with E-state index < -0.39 is 0 Å². The van der Waals surface area contributed by atoms with Gasteiger partial charge >= 0.3 is 0 Å². The Hall–Kier alpha value is -1.09. The summed E-state index contributed by atoms with van der Waals surface area (Å²) >= 11 is 3.49. The Balaban J connectivity index is 2.32. The van der Waals surface area contributed by atoms with Gasteiger partial charge < -0.3 is 5.73 Å². The lowest BCUT2D eigenvalue weighted by atomic mass is 10.1. The van der Waals surface area contributed by atoms with Gasteiger partial charge in [0.15, 0.2) is 0 Å². The molecule has 0 bridgehead atoms. The van der Waals surface area contributed by atoms with Crippen LogP contribution in [0, 0.1) is 6.92 Å². The van der Waals surface area contributed by atoms with E-state index in [-0.39, 0.29) is 0 Å². The molecule has 0 saturated heterocycles. The van der Waals surface area contributed by atoms with Crippen molar-refractivity contribution in [2.75, 3.05) is 5.73 Å². The predicted octanol–water partition coefficient (Wildman–Crippen LogP) is 3.77. The van der Waals surface area contributed by atoms with Crippen molar-refractivity contribution in [2.24, 2.45) is 0 Å². The van der Waals surface area contributed by atoms with E-state index in [0.717, 1.165) is 26.8 Å². The number of benzene rings is 1. The third-order valence-corrected chi connectivity index (χ3v) is 3.57. The third-order valence-electron chi connectivity index (χ3n) is 3.12. The minimum absolute atomic E-state index is 0.648. The molecule has 0 spiro atoms. The summed E-state index contributed by atoms with van der Waals surface area (Å²) in [7, 11) is 0. The minimum Gasteiger partial charge on any atom is -0.398 e. The molecule has 1 fully saturated rings. The number of anilines is 1. The molecule has 3 rings (SSSR count). The summed E-state index contributed by atoms with van der Waals surface area (Å²) in [4.78, 5) is 4.74. The van der Waals surface area contributed by atoms with Crippen molar-refractivity contribution in [2.45, 2.75) is 25.7 Å². The van der Waals surface area contributed by atoms with Gasteiger partial charge in [-0.2, -0.15) is 0 Å². The Morgan fingerprint density at radius 2 is 2.06 bits per heavy atom. The van der Waals surface area contributed by atoms with Gasteiger partial charge in [0.25, 0.3) is 0 Å². The van der Waals surface area contributed by atoms with E-state index in [0.29, 0.717) is 5.92 Å². The lowest BCUT2D eigenvalue weighted by molar-refractivity contribution is 1.04. The summed E-state index contributed by atoms with van der Waals surface area (Å²) in [5.41, 5.74) is 10.3. The van der Waals surface area contributed by atoms with Crippen molar-refractivity contribution in [1.82, 2.24) is 4.98 Å². The van der Waals surface area contributed by atoms with Gasteiger partial charge in [0.2, 0.25) is 0 Å². The third kappa shape index (κ3) is 1.59. The highest BCUT2D eigenvalue weighted by atomic mass is 79.9. The molecule has 3 heteroatoms. The molecular formula is C13H13BrN2. The molecule has 1 saturated carbocycles. The summed E-state index contributed by atoms with van der Waals surface area (Å²) in [6.07, 6.45) is 2.51. The molecule has 16 heavy (non-hydrogen) atoms. The quantitative estimate of drug-likeness (QED) is 0.861. The molecule has 2 aromatic rings. The predicted molar refractivity (Wildman–Crippen MR) is 70.6 cm³/mol. The van der Waals surface area contributed by atoms with Gasteiger partial charge in [-0.3, -0.25) is 4.98 Å². The molecule has 1 aromatic heterocycles. The van der Waals surface area contributed by atoms with E-state index >= 15 is 0 Å². The number of aromatic nitrogens is 1. The Kier molecular flexibility index (Phi) is 2.18. The molecular weight excluding hydrogens is 264 g/mol. The van der Waals surface area contributed by atoms with Crippen LogP contribution in [0.25, 0.3) is 10.9 Å². The van der Waals surface area contributed by atoms with Gasteiger partial charge in [-0.25, -0.2) is 0 Å². The lowest BCUT2D eigenvalue weighted by Crippen LogP contribution is -1.96. The molecule has 1 aliphatic rings. The van der Waals surface area contributed by atoms with Gasteiger partial charge in [-0.05, 0) is 43.5 Å². The normalized spacial score (nSPS) is 15.6. The second kappa shape index (κ2) is 3.45. The number of fused-ring (bicyclic) bond motifs is 1. The Morgan fingerprint density at radius 1 is 1.31 bits per heavy atom. The van der Waals surface area contributed by atoms with Crippen LogP contribution in [0.5, 0.6) is 0 Å².